The number of methoxy groups -OCH3 is 1. The fourth-order valence-electron chi connectivity index (χ4n) is 2.57. The van der Waals surface area contributed by atoms with Gasteiger partial charge < -0.3 is 20.1 Å². The van der Waals surface area contributed by atoms with Crippen molar-refractivity contribution in [3.8, 4) is 17.2 Å². The molecule has 0 saturated carbocycles. The first-order valence-electron chi connectivity index (χ1n) is 7.36. The zero-order valence-electron chi connectivity index (χ0n) is 13.3. The Balaban J connectivity index is 2.62. The lowest BCUT2D eigenvalue weighted by atomic mass is 9.87. The standard InChI is InChI=1S/C18H18O6/c1-3-13(18(23)24-2)14-8-12(20)9-15(21)16(14)17(22)10-4-6-11(19)7-5-10/h4-9,13,19-21H,3H2,1-2H3. The first-order valence-corrected chi connectivity index (χ1v) is 7.36. The zero-order valence-corrected chi connectivity index (χ0v) is 13.3. The van der Waals surface area contributed by atoms with Crippen molar-refractivity contribution < 1.29 is 29.6 Å². The van der Waals surface area contributed by atoms with Crippen LogP contribution in [0.15, 0.2) is 36.4 Å². The smallest absolute Gasteiger partial charge is 0.313 e. The molecule has 0 aromatic heterocycles. The highest BCUT2D eigenvalue weighted by molar-refractivity contribution is 6.12. The SMILES string of the molecule is CCC(C(=O)OC)c1cc(O)cc(O)c1C(=O)c1ccc(O)cc1. The van der Waals surface area contributed by atoms with Gasteiger partial charge in [0, 0.05) is 11.6 Å². The Morgan fingerprint density at radius 3 is 2.21 bits per heavy atom. The molecule has 2 aromatic rings. The number of ketones is 1. The number of rotatable bonds is 5. The summed E-state index contributed by atoms with van der Waals surface area (Å²) in [4.78, 5) is 24.8. The lowest BCUT2D eigenvalue weighted by Gasteiger charge is -2.18. The number of hydrogen-bond acceptors (Lipinski definition) is 6. The third-order valence-corrected chi connectivity index (χ3v) is 3.76. The molecule has 0 heterocycles. The van der Waals surface area contributed by atoms with E-state index in [1.165, 1.54) is 37.4 Å². The molecule has 3 N–H and O–H groups in total. The van der Waals surface area contributed by atoms with E-state index in [1.54, 1.807) is 6.92 Å². The Morgan fingerprint density at radius 2 is 1.67 bits per heavy atom. The second kappa shape index (κ2) is 7.04. The maximum absolute atomic E-state index is 12.8. The maximum Gasteiger partial charge on any atom is 0.313 e. The van der Waals surface area contributed by atoms with Gasteiger partial charge >= 0.3 is 5.97 Å². The summed E-state index contributed by atoms with van der Waals surface area (Å²) in [5, 5.41) is 29.3. The average Bonchev–Trinajstić information content (AvgIpc) is 2.55. The summed E-state index contributed by atoms with van der Waals surface area (Å²) < 4.78 is 4.75. The third-order valence-electron chi connectivity index (χ3n) is 3.76. The second-order valence-electron chi connectivity index (χ2n) is 5.29. The van der Waals surface area contributed by atoms with Gasteiger partial charge in [0.2, 0.25) is 0 Å². The highest BCUT2D eigenvalue weighted by Crippen LogP contribution is 2.35. The van der Waals surface area contributed by atoms with E-state index < -0.39 is 23.4 Å². The average molecular weight is 330 g/mol. The second-order valence-corrected chi connectivity index (χ2v) is 5.29. The van der Waals surface area contributed by atoms with E-state index in [2.05, 4.69) is 0 Å². The van der Waals surface area contributed by atoms with Gasteiger partial charge in [0.25, 0.3) is 0 Å². The van der Waals surface area contributed by atoms with E-state index in [-0.39, 0.29) is 28.2 Å². The van der Waals surface area contributed by atoms with Gasteiger partial charge in [0.1, 0.15) is 17.2 Å². The van der Waals surface area contributed by atoms with Gasteiger partial charge in [-0.3, -0.25) is 9.59 Å². The minimum atomic E-state index is -0.802. The highest BCUT2D eigenvalue weighted by Gasteiger charge is 2.28. The van der Waals surface area contributed by atoms with Crippen LogP contribution in [0.4, 0.5) is 0 Å². The molecule has 0 aliphatic carbocycles. The quantitative estimate of drug-likeness (QED) is 0.575. The molecule has 0 radical (unpaired) electrons. The molecule has 0 bridgehead atoms. The predicted molar refractivity (Wildman–Crippen MR) is 86.4 cm³/mol. The maximum atomic E-state index is 12.8. The summed E-state index contributed by atoms with van der Waals surface area (Å²) in [5.74, 6) is -2.57. The molecule has 0 fully saturated rings. The number of phenols is 3. The van der Waals surface area contributed by atoms with Crippen LogP contribution in [0.5, 0.6) is 17.2 Å². The molecule has 0 spiro atoms. The zero-order chi connectivity index (χ0) is 17.9. The monoisotopic (exact) mass is 330 g/mol. The number of ether oxygens (including phenoxy) is 1. The summed E-state index contributed by atoms with van der Waals surface area (Å²) in [6.45, 7) is 1.73. The molecule has 2 rings (SSSR count). The van der Waals surface area contributed by atoms with Gasteiger partial charge in [-0.1, -0.05) is 6.92 Å². The van der Waals surface area contributed by atoms with Gasteiger partial charge in [-0.25, -0.2) is 0 Å². The number of esters is 1. The number of benzene rings is 2. The van der Waals surface area contributed by atoms with Crippen molar-refractivity contribution in [3.63, 3.8) is 0 Å². The summed E-state index contributed by atoms with van der Waals surface area (Å²) in [5.41, 5.74) is 0.352. The van der Waals surface area contributed by atoms with E-state index >= 15 is 0 Å². The summed E-state index contributed by atoms with van der Waals surface area (Å²) >= 11 is 0. The Hall–Kier alpha value is -3.02. The first-order chi connectivity index (χ1) is 11.4. The molecular weight excluding hydrogens is 312 g/mol. The van der Waals surface area contributed by atoms with Crippen LogP contribution in [0.1, 0.15) is 40.7 Å². The van der Waals surface area contributed by atoms with Gasteiger partial charge in [0.05, 0.1) is 18.6 Å². The topological polar surface area (TPSA) is 104 Å². The fraction of sp³-hybridized carbons (Fsp3) is 0.222. The molecule has 0 amide bonds. The molecule has 0 aliphatic rings. The Morgan fingerprint density at radius 1 is 1.04 bits per heavy atom. The summed E-state index contributed by atoms with van der Waals surface area (Å²) in [6, 6.07) is 7.84. The lowest BCUT2D eigenvalue weighted by Crippen LogP contribution is -2.17. The summed E-state index contributed by atoms with van der Waals surface area (Å²) in [6.07, 6.45) is 0.325. The first kappa shape index (κ1) is 17.3. The Bertz CT molecular complexity index is 764. The number of carbonyl (C=O) groups is 2. The van der Waals surface area contributed by atoms with E-state index in [0.29, 0.717) is 6.42 Å². The van der Waals surface area contributed by atoms with Crippen molar-refractivity contribution in [3.05, 3.63) is 53.1 Å². The Labute approximate surface area is 138 Å². The molecule has 1 atom stereocenters. The molecule has 6 nitrogen and oxygen atoms in total. The molecule has 0 saturated heterocycles. The minimum Gasteiger partial charge on any atom is -0.508 e. The number of phenolic OH excluding ortho intramolecular Hbond substituents is 3. The molecule has 0 aliphatic heterocycles. The van der Waals surface area contributed by atoms with Crippen molar-refractivity contribution in [1.29, 1.82) is 0 Å². The van der Waals surface area contributed by atoms with Crippen LogP contribution in [0.2, 0.25) is 0 Å². The van der Waals surface area contributed by atoms with Crippen molar-refractivity contribution >= 4 is 11.8 Å². The van der Waals surface area contributed by atoms with Crippen LogP contribution >= 0.6 is 0 Å². The molecule has 6 heteroatoms. The van der Waals surface area contributed by atoms with E-state index in [4.69, 9.17) is 4.74 Å². The predicted octanol–water partition coefficient (Wildman–Crippen LogP) is 2.70. The van der Waals surface area contributed by atoms with Crippen LogP contribution in [0.3, 0.4) is 0 Å². The van der Waals surface area contributed by atoms with E-state index in [9.17, 15) is 24.9 Å². The van der Waals surface area contributed by atoms with E-state index in [0.717, 1.165) is 6.07 Å². The molecular formula is C18H18O6. The lowest BCUT2D eigenvalue weighted by molar-refractivity contribution is -0.142. The van der Waals surface area contributed by atoms with Crippen molar-refractivity contribution in [2.24, 2.45) is 0 Å². The van der Waals surface area contributed by atoms with Crippen LogP contribution < -0.4 is 0 Å². The Kier molecular flexibility index (Phi) is 5.08. The largest absolute Gasteiger partial charge is 0.508 e. The molecule has 24 heavy (non-hydrogen) atoms. The normalized spacial score (nSPS) is 11.8. The fourth-order valence-corrected chi connectivity index (χ4v) is 2.57. The summed E-state index contributed by atoms with van der Waals surface area (Å²) in [7, 11) is 1.23. The van der Waals surface area contributed by atoms with Gasteiger partial charge in [-0.05, 0) is 42.3 Å². The van der Waals surface area contributed by atoms with Crippen LogP contribution in [0, 0.1) is 0 Å². The van der Waals surface area contributed by atoms with Crippen LogP contribution in [-0.2, 0) is 9.53 Å². The van der Waals surface area contributed by atoms with Crippen LogP contribution in [-0.4, -0.2) is 34.2 Å². The van der Waals surface area contributed by atoms with Crippen LogP contribution in [0.25, 0.3) is 0 Å². The third kappa shape index (κ3) is 3.32. The van der Waals surface area contributed by atoms with E-state index in [1.807, 2.05) is 0 Å². The number of carbonyl (C=O) groups excluding carboxylic acids is 2. The highest BCUT2D eigenvalue weighted by atomic mass is 16.5. The minimum absolute atomic E-state index is 0.00250. The van der Waals surface area contributed by atoms with Crippen molar-refractivity contribution in [2.45, 2.75) is 19.3 Å². The van der Waals surface area contributed by atoms with Gasteiger partial charge in [0.15, 0.2) is 5.78 Å². The van der Waals surface area contributed by atoms with Gasteiger partial charge in [-0.2, -0.15) is 0 Å². The van der Waals surface area contributed by atoms with Crippen molar-refractivity contribution in [1.82, 2.24) is 0 Å². The molecule has 126 valence electrons. The van der Waals surface area contributed by atoms with Crippen molar-refractivity contribution in [2.75, 3.05) is 7.11 Å². The molecule has 1 unspecified atom stereocenters. The van der Waals surface area contributed by atoms with Gasteiger partial charge in [-0.15, -0.1) is 0 Å². The number of aromatic hydroxyl groups is 3. The number of hydrogen-bond donors (Lipinski definition) is 3. The molecule has 2 aromatic carbocycles.